The Balaban J connectivity index is 1.41. The van der Waals surface area contributed by atoms with Gasteiger partial charge in [-0.2, -0.15) is 0 Å². The molecule has 4 rings (SSSR count). The molecule has 1 fully saturated rings. The van der Waals surface area contributed by atoms with Crippen LogP contribution in [0.4, 0.5) is 0 Å². The van der Waals surface area contributed by atoms with E-state index in [1.807, 2.05) is 12.1 Å². The molecular weight excluding hydrogens is 286 g/mol. The van der Waals surface area contributed by atoms with Crippen LogP contribution in [0, 0.1) is 0 Å². The van der Waals surface area contributed by atoms with Crippen LogP contribution < -0.4 is 5.56 Å². The number of aromatic amines is 1. The van der Waals surface area contributed by atoms with E-state index < -0.39 is 0 Å². The van der Waals surface area contributed by atoms with E-state index in [-0.39, 0.29) is 5.56 Å². The zero-order valence-electron chi connectivity index (χ0n) is 13.2. The zero-order valence-corrected chi connectivity index (χ0v) is 13.2. The Kier molecular flexibility index (Phi) is 3.74. The molecule has 3 aromatic rings. The van der Waals surface area contributed by atoms with Gasteiger partial charge in [0.1, 0.15) is 0 Å². The van der Waals surface area contributed by atoms with E-state index in [9.17, 15) is 4.79 Å². The maximum atomic E-state index is 12.2. The molecule has 1 aliphatic rings. The molecule has 2 aromatic heterocycles. The fourth-order valence-electron chi connectivity index (χ4n) is 3.07. The topological polar surface area (TPSA) is 50.2 Å². The standard InChI is InChI=1S/C19H21N3O/c23-19-12-16(9-5-4-8-14-6-2-1-3-7-14)20-18-13-17(15-10-11-15)21-22(18)19/h1-3,6-7,12-13,15,21H,4-5,8-11H2. The Labute approximate surface area is 135 Å². The van der Waals surface area contributed by atoms with Crippen molar-refractivity contribution in [1.82, 2.24) is 14.6 Å². The normalized spacial score (nSPS) is 14.4. The van der Waals surface area contributed by atoms with E-state index in [0.29, 0.717) is 5.92 Å². The Hall–Kier alpha value is -2.36. The summed E-state index contributed by atoms with van der Waals surface area (Å²) in [6, 6.07) is 14.2. The Morgan fingerprint density at radius 3 is 2.65 bits per heavy atom. The summed E-state index contributed by atoms with van der Waals surface area (Å²) in [4.78, 5) is 16.8. The second kappa shape index (κ2) is 6.03. The van der Waals surface area contributed by atoms with Crippen molar-refractivity contribution in [3.8, 4) is 0 Å². The van der Waals surface area contributed by atoms with Gasteiger partial charge in [-0.25, -0.2) is 9.50 Å². The fraction of sp³-hybridized carbons (Fsp3) is 0.368. The number of H-pyrrole nitrogens is 1. The van der Waals surface area contributed by atoms with Crippen LogP contribution in [-0.4, -0.2) is 14.6 Å². The summed E-state index contributed by atoms with van der Waals surface area (Å²) in [6.45, 7) is 0. The molecule has 2 heterocycles. The lowest BCUT2D eigenvalue weighted by Crippen LogP contribution is -2.15. The minimum Gasteiger partial charge on any atom is -0.293 e. The number of aryl methyl sites for hydroxylation is 2. The van der Waals surface area contributed by atoms with Crippen molar-refractivity contribution < 1.29 is 0 Å². The lowest BCUT2D eigenvalue weighted by atomic mass is 10.1. The van der Waals surface area contributed by atoms with Crippen LogP contribution in [0.1, 0.15) is 48.6 Å². The first-order chi connectivity index (χ1) is 11.3. The number of fused-ring (bicyclic) bond motifs is 1. The van der Waals surface area contributed by atoms with Gasteiger partial charge in [0.05, 0.1) is 0 Å². The molecule has 118 valence electrons. The maximum Gasteiger partial charge on any atom is 0.272 e. The van der Waals surface area contributed by atoms with Gasteiger partial charge in [-0.15, -0.1) is 0 Å². The third-order valence-electron chi connectivity index (χ3n) is 4.53. The van der Waals surface area contributed by atoms with E-state index >= 15 is 0 Å². The number of unbranched alkanes of at least 4 members (excludes halogenated alkanes) is 1. The third kappa shape index (κ3) is 3.21. The van der Waals surface area contributed by atoms with Gasteiger partial charge in [0.25, 0.3) is 5.56 Å². The van der Waals surface area contributed by atoms with Crippen LogP contribution in [-0.2, 0) is 12.8 Å². The molecule has 0 aliphatic heterocycles. The molecule has 0 saturated heterocycles. The van der Waals surface area contributed by atoms with Gasteiger partial charge in [0, 0.05) is 29.4 Å². The summed E-state index contributed by atoms with van der Waals surface area (Å²) in [5, 5.41) is 3.18. The average Bonchev–Trinajstić information content (AvgIpc) is 3.32. The molecule has 0 spiro atoms. The van der Waals surface area contributed by atoms with Gasteiger partial charge >= 0.3 is 0 Å². The molecule has 0 bridgehead atoms. The van der Waals surface area contributed by atoms with Crippen molar-refractivity contribution in [2.24, 2.45) is 0 Å². The predicted molar refractivity (Wildman–Crippen MR) is 90.9 cm³/mol. The van der Waals surface area contributed by atoms with Gasteiger partial charge in [-0.3, -0.25) is 9.89 Å². The van der Waals surface area contributed by atoms with Crippen LogP contribution in [0.15, 0.2) is 47.3 Å². The molecule has 1 N–H and O–H groups in total. The van der Waals surface area contributed by atoms with Crippen molar-refractivity contribution in [2.45, 2.75) is 44.4 Å². The minimum absolute atomic E-state index is 0.0000376. The SMILES string of the molecule is O=c1cc(CCCCc2ccccc2)nc2cc(C3CC3)[nH]n12. The van der Waals surface area contributed by atoms with Crippen LogP contribution in [0.5, 0.6) is 0 Å². The monoisotopic (exact) mass is 307 g/mol. The molecule has 23 heavy (non-hydrogen) atoms. The second-order valence-electron chi connectivity index (χ2n) is 6.46. The number of nitrogens with one attached hydrogen (secondary N) is 1. The molecule has 0 atom stereocenters. The molecule has 1 aliphatic carbocycles. The highest BCUT2D eigenvalue weighted by atomic mass is 16.1. The van der Waals surface area contributed by atoms with Crippen LogP contribution in [0.25, 0.3) is 5.65 Å². The highest BCUT2D eigenvalue weighted by Crippen LogP contribution is 2.39. The number of benzene rings is 1. The van der Waals surface area contributed by atoms with E-state index in [0.717, 1.165) is 42.7 Å². The summed E-state index contributed by atoms with van der Waals surface area (Å²) < 4.78 is 1.57. The number of nitrogens with zero attached hydrogens (tertiary/aromatic N) is 2. The highest BCUT2D eigenvalue weighted by molar-refractivity contribution is 5.41. The first-order valence-corrected chi connectivity index (χ1v) is 8.45. The van der Waals surface area contributed by atoms with Crippen molar-refractivity contribution >= 4 is 5.65 Å². The summed E-state index contributed by atoms with van der Waals surface area (Å²) >= 11 is 0. The van der Waals surface area contributed by atoms with E-state index in [1.54, 1.807) is 10.6 Å². The van der Waals surface area contributed by atoms with Crippen LogP contribution in [0.2, 0.25) is 0 Å². The predicted octanol–water partition coefficient (Wildman–Crippen LogP) is 3.47. The second-order valence-corrected chi connectivity index (χ2v) is 6.46. The van der Waals surface area contributed by atoms with Crippen molar-refractivity contribution in [3.05, 3.63) is 69.8 Å². The van der Waals surface area contributed by atoms with Crippen molar-refractivity contribution in [3.63, 3.8) is 0 Å². The van der Waals surface area contributed by atoms with Gasteiger partial charge < -0.3 is 0 Å². The molecule has 0 unspecified atom stereocenters. The quantitative estimate of drug-likeness (QED) is 0.709. The molecule has 4 heteroatoms. The minimum atomic E-state index is -0.0000376. The summed E-state index contributed by atoms with van der Waals surface area (Å²) in [5.74, 6) is 0.602. The van der Waals surface area contributed by atoms with Crippen molar-refractivity contribution in [1.29, 1.82) is 0 Å². The number of aromatic nitrogens is 3. The van der Waals surface area contributed by atoms with Crippen LogP contribution in [0.3, 0.4) is 0 Å². The van der Waals surface area contributed by atoms with Crippen LogP contribution >= 0.6 is 0 Å². The molecule has 0 radical (unpaired) electrons. The maximum absolute atomic E-state index is 12.2. The van der Waals surface area contributed by atoms with Gasteiger partial charge in [-0.05, 0) is 44.1 Å². The lowest BCUT2D eigenvalue weighted by Gasteiger charge is -2.02. The molecular formula is C19H21N3O. The van der Waals surface area contributed by atoms with E-state index in [1.165, 1.54) is 18.4 Å². The molecule has 0 amide bonds. The molecule has 1 saturated carbocycles. The fourth-order valence-corrected chi connectivity index (χ4v) is 3.07. The summed E-state index contributed by atoms with van der Waals surface area (Å²) in [7, 11) is 0. The first-order valence-electron chi connectivity index (χ1n) is 8.45. The third-order valence-corrected chi connectivity index (χ3v) is 4.53. The van der Waals surface area contributed by atoms with E-state index in [2.05, 4.69) is 34.3 Å². The number of rotatable bonds is 6. The highest BCUT2D eigenvalue weighted by Gasteiger charge is 2.25. The van der Waals surface area contributed by atoms with E-state index in [4.69, 9.17) is 0 Å². The Morgan fingerprint density at radius 2 is 1.87 bits per heavy atom. The molecule has 4 nitrogen and oxygen atoms in total. The lowest BCUT2D eigenvalue weighted by molar-refractivity contribution is 0.718. The van der Waals surface area contributed by atoms with Crippen molar-refractivity contribution in [2.75, 3.05) is 0 Å². The van der Waals surface area contributed by atoms with Gasteiger partial charge in [0.15, 0.2) is 5.65 Å². The number of hydrogen-bond acceptors (Lipinski definition) is 2. The zero-order chi connectivity index (χ0) is 15.6. The summed E-state index contributed by atoms with van der Waals surface area (Å²) in [6.07, 6.45) is 6.55. The smallest absolute Gasteiger partial charge is 0.272 e. The van der Waals surface area contributed by atoms with Gasteiger partial charge in [-0.1, -0.05) is 30.3 Å². The Bertz CT molecular complexity index is 859. The number of hydrogen-bond donors (Lipinski definition) is 1. The largest absolute Gasteiger partial charge is 0.293 e. The van der Waals surface area contributed by atoms with Gasteiger partial charge in [0.2, 0.25) is 0 Å². The molecule has 1 aromatic carbocycles. The average molecular weight is 307 g/mol. The Morgan fingerprint density at radius 1 is 1.09 bits per heavy atom. The first kappa shape index (κ1) is 14.2. The summed E-state index contributed by atoms with van der Waals surface area (Å²) in [5.41, 5.74) is 4.19.